The molecule has 3 rings (SSSR count). The number of ether oxygens (including phenoxy) is 2. The minimum absolute atomic E-state index is 0.0247. The van der Waals surface area contributed by atoms with Crippen LogP contribution in [0.1, 0.15) is 18.4 Å². The van der Waals surface area contributed by atoms with Gasteiger partial charge in [-0.25, -0.2) is 0 Å². The van der Waals surface area contributed by atoms with Crippen molar-refractivity contribution in [1.82, 2.24) is 4.90 Å². The first-order valence-electron chi connectivity index (χ1n) is 6.74. The molecule has 5 heteroatoms. The van der Waals surface area contributed by atoms with Gasteiger partial charge in [0.25, 0.3) is 0 Å². The maximum atomic E-state index is 12.4. The van der Waals surface area contributed by atoms with Gasteiger partial charge in [-0.1, -0.05) is 0 Å². The van der Waals surface area contributed by atoms with Crippen LogP contribution in [0.4, 0.5) is 0 Å². The van der Waals surface area contributed by atoms with E-state index in [4.69, 9.17) is 9.47 Å². The number of carbonyl (C=O) groups is 1. The van der Waals surface area contributed by atoms with Crippen molar-refractivity contribution in [1.29, 1.82) is 0 Å². The summed E-state index contributed by atoms with van der Waals surface area (Å²) in [5.74, 6) is 0.193. The van der Waals surface area contributed by atoms with Crippen LogP contribution in [0.15, 0.2) is 16.8 Å². The highest BCUT2D eigenvalue weighted by atomic mass is 32.1. The molecule has 3 heterocycles. The molecular formula is C14H19NO3S. The van der Waals surface area contributed by atoms with Crippen molar-refractivity contribution in [3.8, 4) is 0 Å². The summed E-state index contributed by atoms with van der Waals surface area (Å²) in [7, 11) is 1.70. The fraction of sp³-hybridized carbons (Fsp3) is 0.643. The van der Waals surface area contributed by atoms with Crippen LogP contribution in [-0.2, 0) is 20.7 Å². The molecule has 19 heavy (non-hydrogen) atoms. The summed E-state index contributed by atoms with van der Waals surface area (Å²) in [5, 5.41) is 4.05. The van der Waals surface area contributed by atoms with Gasteiger partial charge in [-0.15, -0.1) is 0 Å². The summed E-state index contributed by atoms with van der Waals surface area (Å²) in [6.45, 7) is 1.45. The fourth-order valence-electron chi connectivity index (χ4n) is 3.07. The van der Waals surface area contributed by atoms with Gasteiger partial charge in [0, 0.05) is 20.3 Å². The monoisotopic (exact) mass is 281 g/mol. The van der Waals surface area contributed by atoms with E-state index in [2.05, 4.69) is 0 Å². The number of hydrogen-bond donors (Lipinski definition) is 0. The Hall–Kier alpha value is -0.910. The first-order valence-corrected chi connectivity index (χ1v) is 7.69. The highest BCUT2D eigenvalue weighted by Crippen LogP contribution is 2.30. The number of thiophene rings is 1. The molecule has 0 aliphatic carbocycles. The molecule has 0 bridgehead atoms. The van der Waals surface area contributed by atoms with E-state index >= 15 is 0 Å². The quantitative estimate of drug-likeness (QED) is 0.846. The molecule has 2 saturated heterocycles. The maximum Gasteiger partial charge on any atom is 0.227 e. The SMILES string of the molecule is CO[C@@H]1CN(C(=O)Cc2ccsc2)[C@@H]2CCCO[C@@H]21. The van der Waals surface area contributed by atoms with Crippen LogP contribution >= 0.6 is 11.3 Å². The first-order chi connectivity index (χ1) is 9.29. The van der Waals surface area contributed by atoms with Crippen LogP contribution in [0.3, 0.4) is 0 Å². The Kier molecular flexibility index (Phi) is 3.86. The number of rotatable bonds is 3. The van der Waals surface area contributed by atoms with Gasteiger partial charge in [0.1, 0.15) is 12.2 Å². The topological polar surface area (TPSA) is 38.8 Å². The molecule has 0 N–H and O–H groups in total. The number of carbonyl (C=O) groups excluding carboxylic acids is 1. The zero-order valence-electron chi connectivity index (χ0n) is 11.1. The average molecular weight is 281 g/mol. The number of methoxy groups -OCH3 is 1. The Balaban J connectivity index is 1.71. The normalized spacial score (nSPS) is 30.4. The lowest BCUT2D eigenvalue weighted by Gasteiger charge is -2.32. The zero-order valence-corrected chi connectivity index (χ0v) is 11.9. The zero-order chi connectivity index (χ0) is 13.2. The van der Waals surface area contributed by atoms with E-state index in [1.165, 1.54) is 0 Å². The van der Waals surface area contributed by atoms with E-state index in [0.717, 1.165) is 25.0 Å². The van der Waals surface area contributed by atoms with Crippen molar-refractivity contribution in [2.24, 2.45) is 0 Å². The third-order valence-corrected chi connectivity index (χ3v) is 4.77. The maximum absolute atomic E-state index is 12.4. The van der Waals surface area contributed by atoms with Gasteiger partial charge in [0.15, 0.2) is 0 Å². The van der Waals surface area contributed by atoms with Crippen LogP contribution < -0.4 is 0 Å². The van der Waals surface area contributed by atoms with E-state index in [1.807, 2.05) is 21.7 Å². The Morgan fingerprint density at radius 2 is 2.53 bits per heavy atom. The molecular weight excluding hydrogens is 262 g/mol. The van der Waals surface area contributed by atoms with Gasteiger partial charge in [-0.3, -0.25) is 4.79 Å². The third-order valence-electron chi connectivity index (χ3n) is 4.04. The van der Waals surface area contributed by atoms with Crippen molar-refractivity contribution in [2.75, 3.05) is 20.3 Å². The van der Waals surface area contributed by atoms with Crippen LogP contribution in [0.5, 0.6) is 0 Å². The summed E-state index contributed by atoms with van der Waals surface area (Å²) in [4.78, 5) is 14.4. The van der Waals surface area contributed by atoms with Gasteiger partial charge in [-0.2, -0.15) is 11.3 Å². The summed E-state index contributed by atoms with van der Waals surface area (Å²) in [5.41, 5.74) is 1.10. The van der Waals surface area contributed by atoms with Gasteiger partial charge in [-0.05, 0) is 35.2 Å². The van der Waals surface area contributed by atoms with Crippen molar-refractivity contribution >= 4 is 17.2 Å². The van der Waals surface area contributed by atoms with E-state index < -0.39 is 0 Å². The van der Waals surface area contributed by atoms with Gasteiger partial charge in [0.05, 0.1) is 12.5 Å². The number of nitrogens with zero attached hydrogens (tertiary/aromatic N) is 1. The third kappa shape index (κ3) is 2.55. The van der Waals surface area contributed by atoms with Gasteiger partial charge in [0.2, 0.25) is 5.91 Å². The number of hydrogen-bond acceptors (Lipinski definition) is 4. The number of likely N-dealkylation sites (tertiary alicyclic amines) is 1. The highest BCUT2D eigenvalue weighted by molar-refractivity contribution is 7.07. The minimum atomic E-state index is 0.0247. The molecule has 0 saturated carbocycles. The predicted molar refractivity (Wildman–Crippen MR) is 73.3 cm³/mol. The van der Waals surface area contributed by atoms with Crippen LogP contribution in [0, 0.1) is 0 Å². The molecule has 1 aromatic rings. The highest BCUT2D eigenvalue weighted by Gasteiger charge is 2.45. The molecule has 2 aliphatic rings. The minimum Gasteiger partial charge on any atom is -0.377 e. The molecule has 4 nitrogen and oxygen atoms in total. The Bertz CT molecular complexity index is 434. The summed E-state index contributed by atoms with van der Waals surface area (Å²) in [6.07, 6.45) is 2.63. The number of fused-ring (bicyclic) bond motifs is 1. The molecule has 1 aromatic heterocycles. The van der Waals surface area contributed by atoms with E-state index in [9.17, 15) is 4.79 Å². The molecule has 0 aromatic carbocycles. The van der Waals surface area contributed by atoms with E-state index in [1.54, 1.807) is 18.4 Å². The number of amides is 1. The lowest BCUT2D eigenvalue weighted by atomic mass is 10.0. The summed E-state index contributed by atoms with van der Waals surface area (Å²) >= 11 is 1.63. The van der Waals surface area contributed by atoms with Crippen molar-refractivity contribution in [2.45, 2.75) is 37.5 Å². The Morgan fingerprint density at radius 3 is 3.26 bits per heavy atom. The van der Waals surface area contributed by atoms with Crippen molar-refractivity contribution < 1.29 is 14.3 Å². The molecule has 1 amide bonds. The molecule has 0 spiro atoms. The van der Waals surface area contributed by atoms with Crippen molar-refractivity contribution in [3.05, 3.63) is 22.4 Å². The summed E-state index contributed by atoms with van der Waals surface area (Å²) < 4.78 is 11.3. The fourth-order valence-corrected chi connectivity index (χ4v) is 3.74. The molecule has 0 unspecified atom stereocenters. The summed E-state index contributed by atoms with van der Waals surface area (Å²) in [6, 6.07) is 2.21. The van der Waals surface area contributed by atoms with Crippen LogP contribution in [0.25, 0.3) is 0 Å². The van der Waals surface area contributed by atoms with Gasteiger partial charge >= 0.3 is 0 Å². The van der Waals surface area contributed by atoms with Crippen LogP contribution in [-0.4, -0.2) is 49.3 Å². The van der Waals surface area contributed by atoms with E-state index in [0.29, 0.717) is 13.0 Å². The second-order valence-corrected chi connectivity index (χ2v) is 5.95. The molecule has 0 radical (unpaired) electrons. The van der Waals surface area contributed by atoms with Gasteiger partial charge < -0.3 is 14.4 Å². The predicted octanol–water partition coefficient (Wildman–Crippen LogP) is 1.70. The Morgan fingerprint density at radius 1 is 1.63 bits per heavy atom. The lowest BCUT2D eigenvalue weighted by molar-refractivity contribution is -0.134. The second-order valence-electron chi connectivity index (χ2n) is 5.17. The standard InChI is InChI=1S/C14H19NO3S/c1-17-12-8-15(11-3-2-5-18-14(11)12)13(16)7-10-4-6-19-9-10/h4,6,9,11-12,14H,2-3,5,7-8H2,1H3/t11-,12-,14+/m1/s1. The molecule has 3 atom stereocenters. The lowest BCUT2D eigenvalue weighted by Crippen LogP contribution is -2.44. The first kappa shape index (κ1) is 13.1. The van der Waals surface area contributed by atoms with E-state index in [-0.39, 0.29) is 24.2 Å². The smallest absolute Gasteiger partial charge is 0.227 e. The largest absolute Gasteiger partial charge is 0.377 e. The molecule has 2 aliphatic heterocycles. The second kappa shape index (κ2) is 5.61. The molecule has 104 valence electrons. The van der Waals surface area contributed by atoms with Crippen LogP contribution in [0.2, 0.25) is 0 Å². The molecule has 2 fully saturated rings. The Labute approximate surface area is 117 Å². The van der Waals surface area contributed by atoms with Crippen molar-refractivity contribution in [3.63, 3.8) is 0 Å². The average Bonchev–Trinajstić information content (AvgIpc) is 3.05.